The molecular formula is C17H19FN2O5. The number of amides is 3. The van der Waals surface area contributed by atoms with Crippen LogP contribution in [0.5, 0.6) is 0 Å². The van der Waals surface area contributed by atoms with E-state index in [2.05, 4.69) is 0 Å². The largest absolute Gasteiger partial charge is 0.390 e. The highest BCUT2D eigenvalue weighted by molar-refractivity contribution is 6.07. The highest BCUT2D eigenvalue weighted by atomic mass is 19.1. The number of nitrogens with one attached hydrogen (secondary N) is 1. The van der Waals surface area contributed by atoms with Crippen LogP contribution >= 0.6 is 0 Å². The molecule has 2 heterocycles. The van der Waals surface area contributed by atoms with Gasteiger partial charge in [0.2, 0.25) is 17.2 Å². The quantitative estimate of drug-likeness (QED) is 0.794. The van der Waals surface area contributed by atoms with Crippen LogP contribution in [0.15, 0.2) is 30.3 Å². The van der Waals surface area contributed by atoms with Crippen LogP contribution in [0.4, 0.5) is 9.18 Å². The second kappa shape index (κ2) is 5.89. The van der Waals surface area contributed by atoms with Gasteiger partial charge in [-0.3, -0.25) is 19.8 Å². The summed E-state index contributed by atoms with van der Waals surface area (Å²) >= 11 is 0. The Morgan fingerprint density at radius 2 is 2.00 bits per heavy atom. The number of ether oxygens (including phenoxy) is 1. The van der Waals surface area contributed by atoms with Crippen molar-refractivity contribution in [2.45, 2.75) is 43.9 Å². The smallest absolute Gasteiger partial charge is 0.326 e. The van der Waals surface area contributed by atoms with Crippen molar-refractivity contribution >= 4 is 17.7 Å². The van der Waals surface area contributed by atoms with E-state index in [-0.39, 0.29) is 12.0 Å². The summed E-state index contributed by atoms with van der Waals surface area (Å²) in [4.78, 5) is 38.0. The van der Waals surface area contributed by atoms with Gasteiger partial charge >= 0.3 is 6.03 Å². The first-order chi connectivity index (χ1) is 11.7. The van der Waals surface area contributed by atoms with E-state index in [0.717, 1.165) is 11.8 Å². The standard InChI is InChI=1S/C17H19FN2O5/c1-10-12(21)8-17(25-10,13(22)11-6-4-3-5-7-11)20-9-16(2,18)14(23)19-15(20)24/h3-7,10,12,21H,8-9H2,1-2H3,(H,19,23,24)/t10-,12+,16?,17+/m1/s1. The minimum atomic E-state index is -2.38. The number of aliphatic hydroxyl groups excluding tert-OH is 1. The van der Waals surface area contributed by atoms with Crippen molar-refractivity contribution < 1.29 is 28.6 Å². The van der Waals surface area contributed by atoms with Gasteiger partial charge in [0, 0.05) is 12.0 Å². The van der Waals surface area contributed by atoms with Crippen molar-refractivity contribution in [3.05, 3.63) is 35.9 Å². The number of urea groups is 1. The zero-order valence-electron chi connectivity index (χ0n) is 13.9. The summed E-state index contributed by atoms with van der Waals surface area (Å²) in [5.41, 5.74) is -4.00. The van der Waals surface area contributed by atoms with Crippen LogP contribution in [0.3, 0.4) is 0 Å². The fourth-order valence-electron chi connectivity index (χ4n) is 3.17. The first-order valence-electron chi connectivity index (χ1n) is 7.95. The maximum atomic E-state index is 14.5. The van der Waals surface area contributed by atoms with Crippen LogP contribution in [0, 0.1) is 0 Å². The number of carbonyl (C=O) groups is 3. The van der Waals surface area contributed by atoms with Gasteiger partial charge in [0.15, 0.2) is 0 Å². The van der Waals surface area contributed by atoms with Crippen molar-refractivity contribution in [1.82, 2.24) is 10.2 Å². The van der Waals surface area contributed by atoms with Gasteiger partial charge < -0.3 is 9.84 Å². The van der Waals surface area contributed by atoms with E-state index in [1.807, 2.05) is 5.32 Å². The molecule has 1 unspecified atom stereocenters. The van der Waals surface area contributed by atoms with Crippen molar-refractivity contribution in [3.8, 4) is 0 Å². The summed E-state index contributed by atoms with van der Waals surface area (Å²) in [6, 6.07) is 7.19. The number of rotatable bonds is 3. The number of imide groups is 1. The minimum absolute atomic E-state index is 0.209. The Morgan fingerprint density at radius 1 is 1.36 bits per heavy atom. The van der Waals surface area contributed by atoms with Crippen LogP contribution in [-0.2, 0) is 9.53 Å². The van der Waals surface area contributed by atoms with Crippen LogP contribution in [0.2, 0.25) is 0 Å². The summed E-state index contributed by atoms with van der Waals surface area (Å²) < 4.78 is 20.2. The van der Waals surface area contributed by atoms with Gasteiger partial charge in [-0.25, -0.2) is 9.18 Å². The third-order valence-corrected chi connectivity index (χ3v) is 4.63. The average molecular weight is 350 g/mol. The number of benzene rings is 1. The molecule has 0 spiro atoms. The summed E-state index contributed by atoms with van der Waals surface area (Å²) in [6.45, 7) is 1.94. The lowest BCUT2D eigenvalue weighted by Gasteiger charge is -2.43. The van der Waals surface area contributed by atoms with E-state index < -0.39 is 47.9 Å². The molecule has 25 heavy (non-hydrogen) atoms. The van der Waals surface area contributed by atoms with E-state index in [1.54, 1.807) is 37.3 Å². The lowest BCUT2D eigenvalue weighted by molar-refractivity contribution is -0.144. The van der Waals surface area contributed by atoms with E-state index in [9.17, 15) is 23.9 Å². The third-order valence-electron chi connectivity index (χ3n) is 4.63. The Bertz CT molecular complexity index is 711. The number of carbonyl (C=O) groups excluding carboxylic acids is 3. The summed E-state index contributed by atoms with van der Waals surface area (Å²) in [5.74, 6) is -1.64. The predicted molar refractivity (Wildman–Crippen MR) is 84.4 cm³/mol. The zero-order valence-corrected chi connectivity index (χ0v) is 13.9. The number of nitrogens with zero attached hydrogens (tertiary/aromatic N) is 1. The Kier molecular flexibility index (Phi) is 4.12. The lowest BCUT2D eigenvalue weighted by atomic mass is 9.92. The molecule has 8 heteroatoms. The molecule has 2 saturated heterocycles. The normalized spacial score (nSPS) is 35.6. The van der Waals surface area contributed by atoms with Crippen molar-refractivity contribution in [2.24, 2.45) is 0 Å². The summed E-state index contributed by atoms with van der Waals surface area (Å²) in [6.07, 6.45) is -1.95. The molecule has 3 rings (SSSR count). The first kappa shape index (κ1) is 17.5. The first-order valence-corrected chi connectivity index (χ1v) is 7.95. The Hall–Kier alpha value is -2.32. The molecule has 2 fully saturated rings. The van der Waals surface area contributed by atoms with Crippen molar-refractivity contribution in [2.75, 3.05) is 6.54 Å². The minimum Gasteiger partial charge on any atom is -0.390 e. The highest BCUT2D eigenvalue weighted by Gasteiger charge is 2.59. The molecule has 0 radical (unpaired) electrons. The molecule has 1 aromatic rings. The number of hydrogen-bond acceptors (Lipinski definition) is 5. The van der Waals surface area contributed by atoms with Gasteiger partial charge in [0.25, 0.3) is 5.91 Å². The molecule has 0 bridgehead atoms. The van der Waals surface area contributed by atoms with Gasteiger partial charge in [0.1, 0.15) is 0 Å². The van der Waals surface area contributed by atoms with Crippen LogP contribution in [0.1, 0.15) is 30.6 Å². The monoisotopic (exact) mass is 350 g/mol. The Labute approximate surface area is 143 Å². The molecule has 4 atom stereocenters. The third kappa shape index (κ3) is 2.81. The van der Waals surface area contributed by atoms with E-state index in [1.165, 1.54) is 0 Å². The topological polar surface area (TPSA) is 95.9 Å². The molecule has 2 aliphatic rings. The van der Waals surface area contributed by atoms with Crippen LogP contribution in [0.25, 0.3) is 0 Å². The molecule has 0 aliphatic carbocycles. The molecule has 7 nitrogen and oxygen atoms in total. The second-order valence-electron chi connectivity index (χ2n) is 6.62. The van der Waals surface area contributed by atoms with E-state index in [0.29, 0.717) is 0 Å². The molecule has 134 valence electrons. The predicted octanol–water partition coefficient (Wildman–Crippen LogP) is 1.02. The Morgan fingerprint density at radius 3 is 2.56 bits per heavy atom. The van der Waals surface area contributed by atoms with Gasteiger partial charge in [-0.05, 0) is 13.8 Å². The summed E-state index contributed by atoms with van der Waals surface area (Å²) in [5, 5.41) is 12.0. The van der Waals surface area contributed by atoms with E-state index >= 15 is 0 Å². The molecule has 3 amide bonds. The molecule has 2 aliphatic heterocycles. The fraction of sp³-hybridized carbons (Fsp3) is 0.471. The number of Topliss-reactive ketones (excluding diaryl/α,β-unsaturated/α-hetero) is 1. The number of ketones is 1. The van der Waals surface area contributed by atoms with Gasteiger partial charge in [-0.15, -0.1) is 0 Å². The zero-order chi connectivity index (χ0) is 18.4. The fourth-order valence-corrected chi connectivity index (χ4v) is 3.17. The van der Waals surface area contributed by atoms with Crippen LogP contribution < -0.4 is 5.32 Å². The summed E-state index contributed by atoms with van der Waals surface area (Å²) in [7, 11) is 0. The number of hydrogen-bond donors (Lipinski definition) is 2. The van der Waals surface area contributed by atoms with Crippen molar-refractivity contribution in [3.63, 3.8) is 0 Å². The number of alkyl halides is 1. The van der Waals surface area contributed by atoms with Gasteiger partial charge in [0.05, 0.1) is 18.8 Å². The molecule has 2 N–H and O–H groups in total. The molecule has 0 aromatic heterocycles. The molecule has 0 saturated carbocycles. The molecular weight excluding hydrogens is 331 g/mol. The van der Waals surface area contributed by atoms with Crippen molar-refractivity contribution in [1.29, 1.82) is 0 Å². The van der Waals surface area contributed by atoms with E-state index in [4.69, 9.17) is 4.74 Å². The lowest BCUT2D eigenvalue weighted by Crippen LogP contribution is -2.69. The second-order valence-corrected chi connectivity index (χ2v) is 6.62. The SMILES string of the molecule is C[C@H]1O[C@@](C(=O)c2ccccc2)(N2CC(C)(F)C(=O)NC2=O)C[C@@H]1O. The average Bonchev–Trinajstić information content (AvgIpc) is 2.87. The maximum absolute atomic E-state index is 14.5. The van der Waals surface area contributed by atoms with Crippen LogP contribution in [-0.4, -0.2) is 57.9 Å². The number of halogens is 1. The van der Waals surface area contributed by atoms with Gasteiger partial charge in [-0.1, -0.05) is 30.3 Å². The highest BCUT2D eigenvalue weighted by Crippen LogP contribution is 2.39. The number of aliphatic hydroxyl groups is 1. The molecule has 1 aromatic carbocycles. The Balaban J connectivity index is 2.05. The maximum Gasteiger partial charge on any atom is 0.326 e. The van der Waals surface area contributed by atoms with Gasteiger partial charge in [-0.2, -0.15) is 0 Å².